The van der Waals surface area contributed by atoms with Crippen LogP contribution in [0.1, 0.15) is 36.1 Å². The summed E-state index contributed by atoms with van der Waals surface area (Å²) >= 11 is 0. The third-order valence-electron chi connectivity index (χ3n) is 7.26. The molecule has 41 heavy (non-hydrogen) atoms. The van der Waals surface area contributed by atoms with Crippen LogP contribution in [0, 0.1) is 0 Å². The molecule has 0 N–H and O–H groups in total. The van der Waals surface area contributed by atoms with E-state index < -0.39 is 5.41 Å². The normalized spacial score (nSPS) is 13.0. The molecule has 4 aromatic carbocycles. The number of ether oxygens (including phenoxy) is 6. The zero-order chi connectivity index (χ0) is 28.3. The van der Waals surface area contributed by atoms with Gasteiger partial charge < -0.3 is 28.4 Å². The lowest BCUT2D eigenvalue weighted by molar-refractivity contribution is -0.0562. The first-order valence-electron chi connectivity index (χ1n) is 14.3. The Bertz CT molecular complexity index is 1260. The van der Waals surface area contributed by atoms with Crippen molar-refractivity contribution in [2.45, 2.75) is 19.3 Å². The van der Waals surface area contributed by atoms with E-state index in [1.165, 1.54) is 33.4 Å². The summed E-state index contributed by atoms with van der Waals surface area (Å²) in [5, 5.41) is 0. The molecule has 0 saturated carbocycles. The van der Waals surface area contributed by atoms with Crippen LogP contribution in [0.5, 0.6) is 11.5 Å². The first-order valence-corrected chi connectivity index (χ1v) is 14.3. The smallest absolute Gasteiger partial charge is 0.146 e. The monoisotopic (exact) mass is 554 g/mol. The molecule has 6 nitrogen and oxygen atoms in total. The average Bonchev–Trinajstić information content (AvgIpc) is 3.32. The molecule has 0 saturated heterocycles. The fourth-order valence-electron chi connectivity index (χ4n) is 5.47. The van der Waals surface area contributed by atoms with Crippen LogP contribution in [-0.4, -0.2) is 53.2 Å². The van der Waals surface area contributed by atoms with Gasteiger partial charge in [-0.05, 0) is 71.5 Å². The molecule has 1 aliphatic carbocycles. The largest absolute Gasteiger partial charge is 0.491 e. The highest BCUT2D eigenvalue weighted by Gasteiger charge is 2.45. The minimum absolute atomic E-state index is 0.283. The molecule has 0 atom stereocenters. The molecule has 1 aliphatic rings. The molecule has 0 radical (unpaired) electrons. The average molecular weight is 555 g/mol. The zero-order valence-corrected chi connectivity index (χ0v) is 23.8. The number of hydrogen-bond acceptors (Lipinski definition) is 6. The molecule has 0 aromatic heterocycles. The van der Waals surface area contributed by atoms with Crippen LogP contribution in [0.2, 0.25) is 0 Å². The second-order valence-corrected chi connectivity index (χ2v) is 9.62. The summed E-state index contributed by atoms with van der Waals surface area (Å²) in [5.74, 6) is 1.61. The Kier molecular flexibility index (Phi) is 10.0. The summed E-state index contributed by atoms with van der Waals surface area (Å²) in [7, 11) is 0. The van der Waals surface area contributed by atoms with Gasteiger partial charge in [0.15, 0.2) is 0 Å². The van der Waals surface area contributed by atoms with E-state index in [1.807, 2.05) is 38.1 Å². The van der Waals surface area contributed by atoms with Gasteiger partial charge in [-0.1, -0.05) is 72.8 Å². The second-order valence-electron chi connectivity index (χ2n) is 9.62. The predicted molar refractivity (Wildman–Crippen MR) is 160 cm³/mol. The zero-order valence-electron chi connectivity index (χ0n) is 23.8. The highest BCUT2D eigenvalue weighted by atomic mass is 16.7. The molecule has 214 valence electrons. The maximum atomic E-state index is 5.95. The van der Waals surface area contributed by atoms with Gasteiger partial charge in [0.05, 0.1) is 18.6 Å². The molecule has 5 rings (SSSR count). The molecule has 0 unspecified atom stereocenters. The Balaban J connectivity index is 1.43. The standard InChI is InChI=1S/C35H38O6/c1-3-36-25-38-21-23-40-29-17-13-27(14-18-29)35(28-15-19-30(20-16-28)41-24-22-39-26-37-4-2)33-11-7-5-9-31(33)32-10-6-8-12-34(32)35/h5-20H,3-4,21-26H2,1-2H3. The summed E-state index contributed by atoms with van der Waals surface area (Å²) in [6.07, 6.45) is 0. The lowest BCUT2D eigenvalue weighted by Gasteiger charge is -2.34. The predicted octanol–water partition coefficient (Wildman–Crippen LogP) is 6.83. The quantitative estimate of drug-likeness (QED) is 0.0985. The lowest BCUT2D eigenvalue weighted by atomic mass is 9.68. The summed E-state index contributed by atoms with van der Waals surface area (Å²) in [6.45, 7) is 7.59. The van der Waals surface area contributed by atoms with Gasteiger partial charge in [0, 0.05) is 13.2 Å². The van der Waals surface area contributed by atoms with Crippen molar-refractivity contribution < 1.29 is 28.4 Å². The summed E-state index contributed by atoms with van der Waals surface area (Å²) in [5.41, 5.74) is 6.89. The SMILES string of the molecule is CCOCOCCOc1ccc(C2(c3ccc(OCCOCOCC)cc3)c3ccccc3-c3ccccc32)cc1. The number of fused-ring (bicyclic) bond motifs is 3. The molecular formula is C35H38O6. The number of rotatable bonds is 16. The van der Waals surface area contributed by atoms with Crippen molar-refractivity contribution in [2.75, 3.05) is 53.2 Å². The summed E-state index contributed by atoms with van der Waals surface area (Å²) < 4.78 is 33.2. The minimum atomic E-state index is -0.481. The van der Waals surface area contributed by atoms with E-state index in [2.05, 4.69) is 72.8 Å². The van der Waals surface area contributed by atoms with E-state index in [0.717, 1.165) is 11.5 Å². The van der Waals surface area contributed by atoms with E-state index in [-0.39, 0.29) is 13.6 Å². The highest BCUT2D eigenvalue weighted by Crippen LogP contribution is 2.56. The van der Waals surface area contributed by atoms with Gasteiger partial charge in [-0.25, -0.2) is 0 Å². The van der Waals surface area contributed by atoms with Crippen LogP contribution in [0.4, 0.5) is 0 Å². The maximum Gasteiger partial charge on any atom is 0.146 e. The van der Waals surface area contributed by atoms with Crippen molar-refractivity contribution >= 4 is 0 Å². The van der Waals surface area contributed by atoms with E-state index >= 15 is 0 Å². The van der Waals surface area contributed by atoms with Crippen LogP contribution in [0.15, 0.2) is 97.1 Å². The van der Waals surface area contributed by atoms with E-state index in [1.54, 1.807) is 0 Å². The Morgan fingerprint density at radius 1 is 0.463 bits per heavy atom. The molecule has 0 heterocycles. The fourth-order valence-corrected chi connectivity index (χ4v) is 5.47. The molecule has 0 spiro atoms. The lowest BCUT2D eigenvalue weighted by Crippen LogP contribution is -2.28. The van der Waals surface area contributed by atoms with Crippen molar-refractivity contribution in [3.8, 4) is 22.6 Å². The van der Waals surface area contributed by atoms with Crippen LogP contribution in [0.25, 0.3) is 11.1 Å². The molecular weight excluding hydrogens is 516 g/mol. The van der Waals surface area contributed by atoms with Gasteiger partial charge in [0.1, 0.15) is 38.3 Å². The second kappa shape index (κ2) is 14.3. The fraction of sp³-hybridized carbons (Fsp3) is 0.314. The van der Waals surface area contributed by atoms with Crippen LogP contribution in [0.3, 0.4) is 0 Å². The Morgan fingerprint density at radius 2 is 0.878 bits per heavy atom. The van der Waals surface area contributed by atoms with Gasteiger partial charge in [-0.15, -0.1) is 0 Å². The Hall–Kier alpha value is -3.68. The molecule has 0 bridgehead atoms. The van der Waals surface area contributed by atoms with Gasteiger partial charge in [0.2, 0.25) is 0 Å². The number of benzene rings is 4. The van der Waals surface area contributed by atoms with Crippen molar-refractivity contribution in [3.05, 3.63) is 119 Å². The molecule has 0 aliphatic heterocycles. The topological polar surface area (TPSA) is 55.4 Å². The van der Waals surface area contributed by atoms with Crippen molar-refractivity contribution in [1.29, 1.82) is 0 Å². The third kappa shape index (κ3) is 6.31. The van der Waals surface area contributed by atoms with Gasteiger partial charge >= 0.3 is 0 Å². The minimum Gasteiger partial charge on any atom is -0.491 e. The first kappa shape index (κ1) is 28.8. The van der Waals surface area contributed by atoms with Gasteiger partial charge in [0.25, 0.3) is 0 Å². The summed E-state index contributed by atoms with van der Waals surface area (Å²) in [6, 6.07) is 34.3. The van der Waals surface area contributed by atoms with Crippen molar-refractivity contribution in [2.24, 2.45) is 0 Å². The first-order chi connectivity index (χ1) is 20.3. The molecule has 6 heteroatoms. The Morgan fingerprint density at radius 3 is 1.29 bits per heavy atom. The van der Waals surface area contributed by atoms with E-state index in [4.69, 9.17) is 28.4 Å². The Labute approximate surface area is 242 Å². The molecule has 0 amide bonds. The third-order valence-corrected chi connectivity index (χ3v) is 7.26. The number of hydrogen-bond donors (Lipinski definition) is 0. The van der Waals surface area contributed by atoms with Gasteiger partial charge in [-0.3, -0.25) is 0 Å². The van der Waals surface area contributed by atoms with Crippen LogP contribution >= 0.6 is 0 Å². The van der Waals surface area contributed by atoms with Crippen LogP contribution in [-0.2, 0) is 24.4 Å². The summed E-state index contributed by atoms with van der Waals surface area (Å²) in [4.78, 5) is 0. The van der Waals surface area contributed by atoms with E-state index in [0.29, 0.717) is 39.6 Å². The van der Waals surface area contributed by atoms with Crippen molar-refractivity contribution in [1.82, 2.24) is 0 Å². The maximum absolute atomic E-state index is 5.95. The molecule has 0 fully saturated rings. The van der Waals surface area contributed by atoms with Gasteiger partial charge in [-0.2, -0.15) is 0 Å². The van der Waals surface area contributed by atoms with Crippen molar-refractivity contribution in [3.63, 3.8) is 0 Å². The highest BCUT2D eigenvalue weighted by molar-refractivity contribution is 5.86. The molecule has 4 aromatic rings. The van der Waals surface area contributed by atoms with Crippen LogP contribution < -0.4 is 9.47 Å². The van der Waals surface area contributed by atoms with E-state index in [9.17, 15) is 0 Å².